The van der Waals surface area contributed by atoms with Gasteiger partial charge in [0.05, 0.1) is 4.90 Å². The molecule has 32 heavy (non-hydrogen) atoms. The van der Waals surface area contributed by atoms with E-state index < -0.39 is 10.0 Å². The van der Waals surface area contributed by atoms with Crippen molar-refractivity contribution in [3.63, 3.8) is 0 Å². The van der Waals surface area contributed by atoms with Gasteiger partial charge in [-0.1, -0.05) is 35.4 Å². The van der Waals surface area contributed by atoms with Crippen LogP contribution >= 0.6 is 11.6 Å². The Bertz CT molecular complexity index is 1160. The van der Waals surface area contributed by atoms with E-state index in [0.29, 0.717) is 42.5 Å². The number of ether oxygens (including phenoxy) is 1. The van der Waals surface area contributed by atoms with Gasteiger partial charge in [0.25, 0.3) is 0 Å². The van der Waals surface area contributed by atoms with E-state index in [4.69, 9.17) is 16.3 Å². The summed E-state index contributed by atoms with van der Waals surface area (Å²) in [6.07, 6.45) is 6.31. The van der Waals surface area contributed by atoms with Crippen LogP contribution in [0.2, 0.25) is 5.02 Å². The van der Waals surface area contributed by atoms with Gasteiger partial charge in [0, 0.05) is 35.8 Å². The lowest BCUT2D eigenvalue weighted by molar-refractivity contribution is -0.117. The number of carbonyl (C=O) groups is 1. The molecule has 2 aliphatic heterocycles. The van der Waals surface area contributed by atoms with Gasteiger partial charge in [0.2, 0.25) is 15.9 Å². The molecule has 4 rings (SSSR count). The quantitative estimate of drug-likeness (QED) is 0.668. The Morgan fingerprint density at radius 3 is 2.59 bits per heavy atom. The number of nitrogens with zero attached hydrogens (tertiary/aromatic N) is 1. The average molecular weight is 473 g/mol. The zero-order chi connectivity index (χ0) is 22.7. The molecule has 1 fully saturated rings. The van der Waals surface area contributed by atoms with Crippen LogP contribution in [0.3, 0.4) is 0 Å². The Morgan fingerprint density at radius 2 is 1.88 bits per heavy atom. The molecule has 0 aromatic heterocycles. The van der Waals surface area contributed by atoms with Gasteiger partial charge in [-0.05, 0) is 61.7 Å². The van der Waals surface area contributed by atoms with Crippen molar-refractivity contribution in [2.75, 3.05) is 19.7 Å². The Hall–Kier alpha value is -2.61. The highest BCUT2D eigenvalue weighted by Crippen LogP contribution is 2.29. The zero-order valence-electron chi connectivity index (χ0n) is 17.8. The third kappa shape index (κ3) is 5.23. The van der Waals surface area contributed by atoms with Gasteiger partial charge in [-0.25, -0.2) is 8.42 Å². The number of carbonyl (C=O) groups excluding carboxylic acids is 1. The molecule has 0 spiro atoms. The van der Waals surface area contributed by atoms with E-state index in [2.05, 4.69) is 5.32 Å². The first kappa shape index (κ1) is 22.6. The van der Waals surface area contributed by atoms with Crippen molar-refractivity contribution in [2.24, 2.45) is 0 Å². The summed E-state index contributed by atoms with van der Waals surface area (Å²) in [4.78, 5) is 12.7. The maximum absolute atomic E-state index is 12.8. The van der Waals surface area contributed by atoms with Crippen molar-refractivity contribution in [1.29, 1.82) is 0 Å². The Morgan fingerprint density at radius 1 is 1.16 bits per heavy atom. The van der Waals surface area contributed by atoms with Gasteiger partial charge >= 0.3 is 0 Å². The Balaban J connectivity index is 1.31. The minimum Gasteiger partial charge on any atom is -0.488 e. The highest BCUT2D eigenvalue weighted by atomic mass is 35.5. The standard InChI is InChI=1S/C24H25ClN2O4S/c1-17-2-6-22(7-3-17)32(29,30)27-12-10-21(11-13-27)26-24(28)9-4-18-14-19-15-20(25)5-8-23(19)31-16-18/h2-9,14-15,21H,10-13,16H2,1H3,(H,26,28)/b9-4+. The van der Waals surface area contributed by atoms with Crippen molar-refractivity contribution in [3.05, 3.63) is 76.3 Å². The van der Waals surface area contributed by atoms with E-state index in [1.54, 1.807) is 36.4 Å². The van der Waals surface area contributed by atoms with Crippen LogP contribution in [0.15, 0.2) is 65.1 Å². The van der Waals surface area contributed by atoms with Gasteiger partial charge < -0.3 is 10.1 Å². The topological polar surface area (TPSA) is 75.7 Å². The highest BCUT2D eigenvalue weighted by Gasteiger charge is 2.29. The van der Waals surface area contributed by atoms with E-state index in [-0.39, 0.29) is 11.9 Å². The molecule has 0 aliphatic carbocycles. The highest BCUT2D eigenvalue weighted by molar-refractivity contribution is 7.89. The predicted molar refractivity (Wildman–Crippen MR) is 125 cm³/mol. The molecule has 0 radical (unpaired) electrons. The van der Waals surface area contributed by atoms with Crippen molar-refractivity contribution in [3.8, 4) is 5.75 Å². The third-order valence-corrected chi connectivity index (χ3v) is 7.76. The molecule has 0 unspecified atom stereocenters. The summed E-state index contributed by atoms with van der Waals surface area (Å²) in [5.74, 6) is 0.561. The molecule has 2 aliphatic rings. The Kier molecular flexibility index (Phi) is 6.69. The molecular weight excluding hydrogens is 448 g/mol. The number of amides is 1. The number of hydrogen-bond donors (Lipinski definition) is 1. The summed E-state index contributed by atoms with van der Waals surface area (Å²) in [5, 5.41) is 3.60. The van der Waals surface area contributed by atoms with Crippen LogP contribution in [0.5, 0.6) is 5.75 Å². The number of hydrogen-bond acceptors (Lipinski definition) is 4. The molecule has 0 saturated carbocycles. The molecule has 0 atom stereocenters. The molecule has 2 aromatic carbocycles. The Labute approximate surface area is 193 Å². The monoisotopic (exact) mass is 472 g/mol. The molecule has 1 amide bonds. The number of benzene rings is 2. The maximum atomic E-state index is 12.8. The van der Waals surface area contributed by atoms with Crippen molar-refractivity contribution in [1.82, 2.24) is 9.62 Å². The summed E-state index contributed by atoms with van der Waals surface area (Å²) in [6.45, 7) is 3.06. The number of rotatable bonds is 5. The van der Waals surface area contributed by atoms with Crippen molar-refractivity contribution in [2.45, 2.75) is 30.7 Å². The summed E-state index contributed by atoms with van der Waals surface area (Å²) in [6, 6.07) is 12.2. The van der Waals surface area contributed by atoms with Crippen LogP contribution in [0.1, 0.15) is 24.0 Å². The van der Waals surface area contributed by atoms with Crippen molar-refractivity contribution < 1.29 is 17.9 Å². The number of aryl methyl sites for hydroxylation is 1. The maximum Gasteiger partial charge on any atom is 0.244 e. The minimum absolute atomic E-state index is 0.0623. The number of nitrogens with one attached hydrogen (secondary N) is 1. The van der Waals surface area contributed by atoms with Gasteiger partial charge in [0.15, 0.2) is 0 Å². The lowest BCUT2D eigenvalue weighted by Gasteiger charge is -2.31. The lowest BCUT2D eigenvalue weighted by Crippen LogP contribution is -2.46. The van der Waals surface area contributed by atoms with E-state index in [9.17, 15) is 13.2 Å². The molecule has 2 heterocycles. The number of halogens is 1. The van der Waals surface area contributed by atoms with E-state index >= 15 is 0 Å². The SMILES string of the molecule is Cc1ccc(S(=O)(=O)N2CCC(NC(=O)/C=C/C3=Cc4cc(Cl)ccc4OC3)CC2)cc1. The summed E-state index contributed by atoms with van der Waals surface area (Å²) >= 11 is 6.03. The first-order chi connectivity index (χ1) is 15.3. The second-order valence-corrected chi connectivity index (χ2v) is 10.4. The molecule has 6 nitrogen and oxygen atoms in total. The third-order valence-electron chi connectivity index (χ3n) is 5.61. The first-order valence-electron chi connectivity index (χ1n) is 10.5. The van der Waals surface area contributed by atoms with E-state index in [1.165, 1.54) is 10.4 Å². The van der Waals surface area contributed by atoms with E-state index in [0.717, 1.165) is 22.4 Å². The van der Waals surface area contributed by atoms with Gasteiger partial charge in [-0.15, -0.1) is 0 Å². The fourth-order valence-electron chi connectivity index (χ4n) is 3.79. The predicted octanol–water partition coefficient (Wildman–Crippen LogP) is 3.95. The number of fused-ring (bicyclic) bond motifs is 1. The molecule has 0 bridgehead atoms. The minimum atomic E-state index is -3.51. The fraction of sp³-hybridized carbons (Fsp3) is 0.292. The zero-order valence-corrected chi connectivity index (χ0v) is 19.3. The molecule has 1 saturated heterocycles. The van der Waals surface area contributed by atoms with Crippen LogP contribution < -0.4 is 10.1 Å². The number of sulfonamides is 1. The van der Waals surface area contributed by atoms with Crippen LogP contribution in [-0.4, -0.2) is 44.4 Å². The molecular formula is C24H25ClN2O4S. The lowest BCUT2D eigenvalue weighted by atomic mass is 10.1. The van der Waals surface area contributed by atoms with E-state index in [1.807, 2.05) is 25.1 Å². The smallest absolute Gasteiger partial charge is 0.244 e. The van der Waals surface area contributed by atoms with Crippen LogP contribution in [0.25, 0.3) is 6.08 Å². The second kappa shape index (κ2) is 9.48. The van der Waals surface area contributed by atoms with Gasteiger partial charge in [0.1, 0.15) is 12.4 Å². The summed E-state index contributed by atoms with van der Waals surface area (Å²) < 4.78 is 32.8. The van der Waals surface area contributed by atoms with Gasteiger partial charge in [-0.3, -0.25) is 4.79 Å². The summed E-state index contributed by atoms with van der Waals surface area (Å²) in [7, 11) is -3.51. The van der Waals surface area contributed by atoms with Crippen molar-refractivity contribution >= 4 is 33.6 Å². The largest absolute Gasteiger partial charge is 0.488 e. The molecule has 168 valence electrons. The number of piperidine rings is 1. The molecule has 1 N–H and O–H groups in total. The normalized spacial score (nSPS) is 17.5. The average Bonchev–Trinajstić information content (AvgIpc) is 2.78. The van der Waals surface area contributed by atoms with Gasteiger partial charge in [-0.2, -0.15) is 4.31 Å². The summed E-state index contributed by atoms with van der Waals surface area (Å²) in [5.41, 5.74) is 2.77. The van der Waals surface area contributed by atoms with Crippen LogP contribution in [0.4, 0.5) is 0 Å². The van der Waals surface area contributed by atoms with Crippen LogP contribution in [-0.2, 0) is 14.8 Å². The second-order valence-electron chi connectivity index (χ2n) is 8.02. The van der Waals surface area contributed by atoms with Crippen LogP contribution in [0, 0.1) is 6.92 Å². The first-order valence-corrected chi connectivity index (χ1v) is 12.3. The fourth-order valence-corrected chi connectivity index (χ4v) is 5.44. The molecule has 2 aromatic rings. The molecule has 8 heteroatoms.